The monoisotopic (exact) mass is 482 g/mol. The van der Waals surface area contributed by atoms with E-state index in [1.54, 1.807) is 41.0 Å². The summed E-state index contributed by atoms with van der Waals surface area (Å²) in [6.07, 6.45) is 2.36. The minimum atomic E-state index is -0.382. The van der Waals surface area contributed by atoms with Crippen molar-refractivity contribution in [3.8, 4) is 11.3 Å². The second-order valence-electron chi connectivity index (χ2n) is 7.65. The van der Waals surface area contributed by atoms with Crippen LogP contribution in [0.5, 0.6) is 0 Å². The average Bonchev–Trinajstić information content (AvgIpc) is 3.21. The molecular formula is C24H24ClFN6O2. The average molecular weight is 483 g/mol. The highest BCUT2D eigenvalue weighted by Gasteiger charge is 2.13. The van der Waals surface area contributed by atoms with Crippen LogP contribution in [0.3, 0.4) is 0 Å². The van der Waals surface area contributed by atoms with Gasteiger partial charge in [0.05, 0.1) is 47.1 Å². The van der Waals surface area contributed by atoms with E-state index in [-0.39, 0.29) is 5.82 Å². The van der Waals surface area contributed by atoms with Gasteiger partial charge in [0.25, 0.3) is 0 Å². The SMILES string of the molecule is Cc1cnc2ccc(-c3c(F)cccc3Cl)nn12.O=CNc1cccc(CN2CCOCC2)n1. The van der Waals surface area contributed by atoms with Crippen LogP contribution in [0, 0.1) is 12.7 Å². The van der Waals surface area contributed by atoms with Gasteiger partial charge < -0.3 is 10.1 Å². The zero-order chi connectivity index (χ0) is 23.9. The van der Waals surface area contributed by atoms with E-state index >= 15 is 0 Å². The first-order valence-corrected chi connectivity index (χ1v) is 11.1. The van der Waals surface area contributed by atoms with Crippen LogP contribution in [-0.2, 0) is 16.1 Å². The molecule has 3 aromatic heterocycles. The number of aromatic nitrogens is 4. The van der Waals surface area contributed by atoms with Crippen LogP contribution >= 0.6 is 11.6 Å². The summed E-state index contributed by atoms with van der Waals surface area (Å²) in [6.45, 7) is 6.13. The number of fused-ring (bicyclic) bond motifs is 1. The highest BCUT2D eigenvalue weighted by molar-refractivity contribution is 6.33. The van der Waals surface area contributed by atoms with Crippen molar-refractivity contribution >= 4 is 29.5 Å². The van der Waals surface area contributed by atoms with E-state index in [2.05, 4.69) is 25.3 Å². The standard InChI is InChI=1S/C13H9ClFN3.C11H15N3O2/c1-8-7-16-12-6-5-11(17-18(8)12)13-9(14)3-2-4-10(13)15;15-9-12-11-3-1-2-10(13-11)8-14-4-6-16-7-5-14/h2-7H,1H3;1-3,9H,4-8H2,(H,12,13,15). The van der Waals surface area contributed by atoms with E-state index in [9.17, 15) is 9.18 Å². The third kappa shape index (κ3) is 5.74. The van der Waals surface area contributed by atoms with Gasteiger partial charge in [-0.15, -0.1) is 0 Å². The van der Waals surface area contributed by atoms with Crippen LogP contribution in [0.4, 0.5) is 10.2 Å². The zero-order valence-corrected chi connectivity index (χ0v) is 19.4. The maximum atomic E-state index is 13.8. The van der Waals surface area contributed by atoms with Crippen molar-refractivity contribution < 1.29 is 13.9 Å². The Labute approximate surface area is 201 Å². The van der Waals surface area contributed by atoms with E-state index in [1.807, 2.05) is 19.1 Å². The number of benzene rings is 1. The van der Waals surface area contributed by atoms with Gasteiger partial charge in [-0.1, -0.05) is 23.7 Å². The van der Waals surface area contributed by atoms with E-state index in [1.165, 1.54) is 6.07 Å². The summed E-state index contributed by atoms with van der Waals surface area (Å²) < 4.78 is 20.8. The number of rotatable bonds is 5. The highest BCUT2D eigenvalue weighted by atomic mass is 35.5. The maximum Gasteiger partial charge on any atom is 0.212 e. The topological polar surface area (TPSA) is 84.7 Å². The summed E-state index contributed by atoms with van der Waals surface area (Å²) in [5, 5.41) is 7.25. The molecule has 1 N–H and O–H groups in total. The largest absolute Gasteiger partial charge is 0.379 e. The smallest absolute Gasteiger partial charge is 0.212 e. The van der Waals surface area contributed by atoms with Gasteiger partial charge in [0.2, 0.25) is 6.41 Å². The molecule has 0 saturated carbocycles. The van der Waals surface area contributed by atoms with Gasteiger partial charge in [-0.2, -0.15) is 5.10 Å². The molecule has 0 unspecified atom stereocenters. The third-order valence-electron chi connectivity index (χ3n) is 5.25. The number of nitrogens with one attached hydrogen (secondary N) is 1. The number of aryl methyl sites for hydroxylation is 1. The number of ether oxygens (including phenoxy) is 1. The number of imidazole rings is 1. The Balaban J connectivity index is 0.000000162. The van der Waals surface area contributed by atoms with Crippen LogP contribution in [0.15, 0.2) is 54.7 Å². The summed E-state index contributed by atoms with van der Waals surface area (Å²) in [5.41, 5.74) is 3.39. The van der Waals surface area contributed by atoms with Crippen molar-refractivity contribution in [2.75, 3.05) is 31.6 Å². The van der Waals surface area contributed by atoms with Gasteiger partial charge in [-0.3, -0.25) is 9.69 Å². The fraction of sp³-hybridized carbons (Fsp3) is 0.250. The molecule has 1 aromatic carbocycles. The number of amides is 1. The third-order valence-corrected chi connectivity index (χ3v) is 5.57. The maximum absolute atomic E-state index is 13.8. The van der Waals surface area contributed by atoms with E-state index in [4.69, 9.17) is 16.3 Å². The Hall–Kier alpha value is -3.40. The molecule has 0 atom stereocenters. The molecule has 1 saturated heterocycles. The lowest BCUT2D eigenvalue weighted by atomic mass is 10.1. The number of hydrogen-bond donors (Lipinski definition) is 1. The van der Waals surface area contributed by atoms with Crippen LogP contribution < -0.4 is 5.32 Å². The van der Waals surface area contributed by atoms with Crippen LogP contribution in [0.2, 0.25) is 5.02 Å². The minimum Gasteiger partial charge on any atom is -0.379 e. The van der Waals surface area contributed by atoms with Crippen molar-refractivity contribution in [2.24, 2.45) is 0 Å². The van der Waals surface area contributed by atoms with E-state index in [0.717, 1.165) is 49.9 Å². The van der Waals surface area contributed by atoms with Crippen molar-refractivity contribution in [2.45, 2.75) is 13.5 Å². The van der Waals surface area contributed by atoms with E-state index in [0.29, 0.717) is 28.5 Å². The zero-order valence-electron chi connectivity index (χ0n) is 18.6. The molecule has 4 heterocycles. The molecule has 1 amide bonds. The number of halogens is 2. The van der Waals surface area contributed by atoms with Crippen molar-refractivity contribution in [1.29, 1.82) is 0 Å². The number of carbonyl (C=O) groups excluding carboxylic acids is 1. The van der Waals surface area contributed by atoms with Gasteiger partial charge in [0, 0.05) is 19.6 Å². The Kier molecular flexibility index (Phi) is 7.79. The van der Waals surface area contributed by atoms with E-state index < -0.39 is 0 Å². The lowest BCUT2D eigenvalue weighted by molar-refractivity contribution is -0.105. The molecule has 4 aromatic rings. The normalized spacial score (nSPS) is 13.9. The summed E-state index contributed by atoms with van der Waals surface area (Å²) >= 11 is 6.02. The molecule has 34 heavy (non-hydrogen) atoms. The summed E-state index contributed by atoms with van der Waals surface area (Å²) in [5.74, 6) is 0.216. The molecule has 0 aliphatic carbocycles. The molecule has 8 nitrogen and oxygen atoms in total. The second-order valence-corrected chi connectivity index (χ2v) is 8.06. The van der Waals surface area contributed by atoms with Crippen molar-refractivity contribution in [3.05, 3.63) is 77.0 Å². The van der Waals surface area contributed by atoms with Gasteiger partial charge >= 0.3 is 0 Å². The lowest BCUT2D eigenvalue weighted by Crippen LogP contribution is -2.35. The Morgan fingerprint density at radius 1 is 1.15 bits per heavy atom. The number of pyridine rings is 1. The summed E-state index contributed by atoms with van der Waals surface area (Å²) in [6, 6.07) is 13.7. The predicted octanol–water partition coefficient (Wildman–Crippen LogP) is 3.98. The van der Waals surface area contributed by atoms with Gasteiger partial charge in [-0.05, 0) is 43.3 Å². The number of carbonyl (C=O) groups is 1. The second kappa shape index (κ2) is 11.1. The summed E-state index contributed by atoms with van der Waals surface area (Å²) in [4.78, 5) is 21.1. The molecule has 0 radical (unpaired) electrons. The highest BCUT2D eigenvalue weighted by Crippen LogP contribution is 2.29. The number of nitrogens with zero attached hydrogens (tertiary/aromatic N) is 5. The first-order valence-electron chi connectivity index (χ1n) is 10.8. The molecular weight excluding hydrogens is 459 g/mol. The fourth-order valence-electron chi connectivity index (χ4n) is 3.56. The van der Waals surface area contributed by atoms with Crippen molar-refractivity contribution in [1.82, 2.24) is 24.5 Å². The molecule has 5 rings (SSSR count). The van der Waals surface area contributed by atoms with Crippen LogP contribution in [0.1, 0.15) is 11.4 Å². The van der Waals surface area contributed by atoms with Gasteiger partial charge in [0.1, 0.15) is 11.6 Å². The molecule has 0 bridgehead atoms. The first-order chi connectivity index (χ1) is 16.5. The number of anilines is 1. The predicted molar refractivity (Wildman–Crippen MR) is 128 cm³/mol. The molecule has 1 aliphatic rings. The first kappa shape index (κ1) is 23.7. The minimum absolute atomic E-state index is 0.314. The lowest BCUT2D eigenvalue weighted by Gasteiger charge is -2.26. The van der Waals surface area contributed by atoms with Crippen LogP contribution in [0.25, 0.3) is 16.9 Å². The number of hydrogen-bond acceptors (Lipinski definition) is 6. The Morgan fingerprint density at radius 3 is 2.71 bits per heavy atom. The van der Waals surface area contributed by atoms with Crippen molar-refractivity contribution in [3.63, 3.8) is 0 Å². The van der Waals surface area contributed by atoms with Gasteiger partial charge in [0.15, 0.2) is 5.65 Å². The Morgan fingerprint density at radius 2 is 1.94 bits per heavy atom. The van der Waals surface area contributed by atoms with Gasteiger partial charge in [-0.25, -0.2) is 18.9 Å². The molecule has 176 valence electrons. The number of morpholine rings is 1. The molecule has 1 aliphatic heterocycles. The molecule has 0 spiro atoms. The fourth-order valence-corrected chi connectivity index (χ4v) is 3.82. The molecule has 10 heteroatoms. The summed E-state index contributed by atoms with van der Waals surface area (Å²) in [7, 11) is 0. The Bertz CT molecular complexity index is 1260. The quantitative estimate of drug-likeness (QED) is 0.433. The van der Waals surface area contributed by atoms with Crippen LogP contribution in [-0.4, -0.2) is 57.2 Å². The molecule has 1 fully saturated rings.